The van der Waals surface area contributed by atoms with Crippen LogP contribution in [0, 0.1) is 0 Å². The number of anilines is 1. The zero-order chi connectivity index (χ0) is 15.5. The minimum atomic E-state index is -0.167. The van der Waals surface area contributed by atoms with Crippen LogP contribution in [0.4, 0.5) is 5.69 Å². The molecule has 0 bridgehead atoms. The van der Waals surface area contributed by atoms with E-state index in [1.807, 2.05) is 40.5 Å². The Hall–Kier alpha value is -2.24. The van der Waals surface area contributed by atoms with Gasteiger partial charge in [0, 0.05) is 18.1 Å². The van der Waals surface area contributed by atoms with Gasteiger partial charge in [0.1, 0.15) is 10.6 Å². The van der Waals surface area contributed by atoms with E-state index in [1.54, 1.807) is 25.3 Å². The number of nitrogens with one attached hydrogen (secondary N) is 1. The molecule has 0 atom stereocenters. The Balaban J connectivity index is 1.84. The number of ether oxygens (including phenoxy) is 1. The maximum absolute atomic E-state index is 12.5. The quantitative estimate of drug-likeness (QED) is 0.767. The van der Waals surface area contributed by atoms with Crippen LogP contribution in [0.2, 0.25) is 5.02 Å². The summed E-state index contributed by atoms with van der Waals surface area (Å²) in [5, 5.41) is 5.21. The Kier molecular flexibility index (Phi) is 4.18. The first-order valence-electron chi connectivity index (χ1n) is 6.55. The summed E-state index contributed by atoms with van der Waals surface area (Å²) < 4.78 is 7.01. The average molecular weight is 333 g/mol. The lowest BCUT2D eigenvalue weighted by Crippen LogP contribution is -2.12. The lowest BCUT2D eigenvalue weighted by Gasteiger charge is -2.09. The van der Waals surface area contributed by atoms with Crippen LogP contribution < -0.4 is 10.1 Å². The van der Waals surface area contributed by atoms with Gasteiger partial charge in [0.15, 0.2) is 0 Å². The molecule has 1 aromatic carbocycles. The van der Waals surface area contributed by atoms with E-state index in [0.29, 0.717) is 21.3 Å². The molecule has 0 radical (unpaired) electrons. The van der Waals surface area contributed by atoms with E-state index in [9.17, 15) is 4.79 Å². The molecule has 0 saturated carbocycles. The fraction of sp³-hybridized carbons (Fsp3) is 0.0625. The van der Waals surface area contributed by atoms with Gasteiger partial charge in [-0.25, -0.2) is 0 Å². The van der Waals surface area contributed by atoms with Gasteiger partial charge < -0.3 is 14.6 Å². The molecule has 4 nitrogen and oxygen atoms in total. The Morgan fingerprint density at radius 1 is 1.27 bits per heavy atom. The molecule has 0 aliphatic rings. The maximum atomic E-state index is 12.5. The Morgan fingerprint density at radius 2 is 2.05 bits per heavy atom. The predicted octanol–water partition coefficient (Wildman–Crippen LogP) is 4.45. The molecule has 0 unspecified atom stereocenters. The molecular formula is C16H13ClN2O2S. The van der Waals surface area contributed by atoms with Crippen molar-refractivity contribution in [2.24, 2.45) is 0 Å². The largest absolute Gasteiger partial charge is 0.495 e. The second-order valence-corrected chi connectivity index (χ2v) is 5.85. The predicted molar refractivity (Wildman–Crippen MR) is 89.6 cm³/mol. The van der Waals surface area contributed by atoms with Crippen molar-refractivity contribution in [1.82, 2.24) is 4.57 Å². The van der Waals surface area contributed by atoms with Gasteiger partial charge in [-0.3, -0.25) is 4.79 Å². The number of amides is 1. The van der Waals surface area contributed by atoms with Gasteiger partial charge in [0.2, 0.25) is 0 Å². The summed E-state index contributed by atoms with van der Waals surface area (Å²) >= 11 is 7.47. The second-order valence-electron chi connectivity index (χ2n) is 4.53. The third-order valence-corrected chi connectivity index (χ3v) is 4.34. The maximum Gasteiger partial charge on any atom is 0.267 e. The zero-order valence-electron chi connectivity index (χ0n) is 11.7. The highest BCUT2D eigenvalue weighted by molar-refractivity contribution is 7.12. The molecule has 1 amide bonds. The van der Waals surface area contributed by atoms with Crippen LogP contribution in [0.25, 0.3) is 5.69 Å². The van der Waals surface area contributed by atoms with E-state index in [-0.39, 0.29) is 5.91 Å². The van der Waals surface area contributed by atoms with E-state index < -0.39 is 0 Å². The van der Waals surface area contributed by atoms with Gasteiger partial charge in [0.25, 0.3) is 5.91 Å². The Labute approximate surface area is 136 Å². The van der Waals surface area contributed by atoms with Crippen LogP contribution in [0.3, 0.4) is 0 Å². The molecule has 0 aliphatic carbocycles. The number of benzene rings is 1. The van der Waals surface area contributed by atoms with E-state index in [0.717, 1.165) is 5.69 Å². The summed E-state index contributed by atoms with van der Waals surface area (Å²) in [6.45, 7) is 0. The fourth-order valence-corrected chi connectivity index (χ4v) is 3.15. The summed E-state index contributed by atoms with van der Waals surface area (Å²) in [6, 6.07) is 10.9. The van der Waals surface area contributed by atoms with Crippen LogP contribution in [0.15, 0.2) is 54.2 Å². The first-order valence-corrected chi connectivity index (χ1v) is 7.80. The lowest BCUT2D eigenvalue weighted by atomic mass is 10.3. The van der Waals surface area contributed by atoms with E-state index in [2.05, 4.69) is 5.32 Å². The Morgan fingerprint density at radius 3 is 2.73 bits per heavy atom. The van der Waals surface area contributed by atoms with Crippen molar-refractivity contribution in [2.45, 2.75) is 0 Å². The molecule has 0 fully saturated rings. The molecule has 1 N–H and O–H groups in total. The number of carbonyl (C=O) groups excluding carboxylic acids is 1. The van der Waals surface area contributed by atoms with Crippen molar-refractivity contribution in [1.29, 1.82) is 0 Å². The van der Waals surface area contributed by atoms with Crippen LogP contribution >= 0.6 is 22.9 Å². The number of carbonyl (C=O) groups is 1. The highest BCUT2D eigenvalue weighted by atomic mass is 35.5. The van der Waals surface area contributed by atoms with Gasteiger partial charge in [-0.1, -0.05) is 11.6 Å². The molecule has 0 spiro atoms. The lowest BCUT2D eigenvalue weighted by molar-refractivity contribution is 0.103. The van der Waals surface area contributed by atoms with Crippen LogP contribution in [0.1, 0.15) is 9.67 Å². The third-order valence-electron chi connectivity index (χ3n) is 3.14. The van der Waals surface area contributed by atoms with Crippen molar-refractivity contribution in [2.75, 3.05) is 12.4 Å². The number of hydrogen-bond donors (Lipinski definition) is 1. The molecule has 112 valence electrons. The molecule has 2 aromatic heterocycles. The van der Waals surface area contributed by atoms with Crippen LogP contribution in [-0.2, 0) is 0 Å². The Bertz CT molecular complexity index is 796. The summed E-state index contributed by atoms with van der Waals surface area (Å²) in [5.41, 5.74) is 1.48. The van der Waals surface area contributed by atoms with Crippen molar-refractivity contribution >= 4 is 34.5 Å². The van der Waals surface area contributed by atoms with Gasteiger partial charge in [0.05, 0.1) is 17.8 Å². The first kappa shape index (κ1) is 14.7. The number of rotatable bonds is 4. The summed E-state index contributed by atoms with van der Waals surface area (Å²) in [4.78, 5) is 13.1. The summed E-state index contributed by atoms with van der Waals surface area (Å²) in [6.07, 6.45) is 3.81. The van der Waals surface area contributed by atoms with Gasteiger partial charge in [-0.05, 0) is 41.8 Å². The van der Waals surface area contributed by atoms with Crippen molar-refractivity contribution in [3.63, 3.8) is 0 Å². The first-order chi connectivity index (χ1) is 10.7. The number of methoxy groups -OCH3 is 1. The van der Waals surface area contributed by atoms with Crippen LogP contribution in [0.5, 0.6) is 5.75 Å². The minimum Gasteiger partial charge on any atom is -0.495 e. The zero-order valence-corrected chi connectivity index (χ0v) is 13.3. The number of nitrogens with zero attached hydrogens (tertiary/aromatic N) is 1. The molecule has 0 aliphatic heterocycles. The molecule has 3 aromatic rings. The highest BCUT2D eigenvalue weighted by Gasteiger charge is 2.15. The summed E-state index contributed by atoms with van der Waals surface area (Å²) in [5.74, 6) is 0.406. The SMILES string of the molecule is COc1ccc(NC(=O)c2sccc2-n2cccc2)cc1Cl. The number of thiophene rings is 1. The molecule has 0 saturated heterocycles. The van der Waals surface area contributed by atoms with Crippen molar-refractivity contribution in [3.8, 4) is 11.4 Å². The third kappa shape index (κ3) is 2.86. The number of halogens is 1. The van der Waals surface area contributed by atoms with E-state index >= 15 is 0 Å². The van der Waals surface area contributed by atoms with Gasteiger partial charge >= 0.3 is 0 Å². The fourth-order valence-electron chi connectivity index (χ4n) is 2.10. The minimum absolute atomic E-state index is 0.167. The van der Waals surface area contributed by atoms with Gasteiger partial charge in [-0.15, -0.1) is 11.3 Å². The standard InChI is InChI=1S/C16H13ClN2O2S/c1-21-14-5-4-11(10-12(14)17)18-16(20)15-13(6-9-22-15)19-7-2-3-8-19/h2-10H,1H3,(H,18,20). The molecule has 3 rings (SSSR count). The molecular weight excluding hydrogens is 320 g/mol. The van der Waals surface area contributed by atoms with E-state index in [4.69, 9.17) is 16.3 Å². The second kappa shape index (κ2) is 6.25. The number of aromatic nitrogens is 1. The summed E-state index contributed by atoms with van der Waals surface area (Å²) in [7, 11) is 1.55. The monoisotopic (exact) mass is 332 g/mol. The molecule has 22 heavy (non-hydrogen) atoms. The van der Waals surface area contributed by atoms with E-state index in [1.165, 1.54) is 11.3 Å². The molecule has 2 heterocycles. The van der Waals surface area contributed by atoms with Gasteiger partial charge in [-0.2, -0.15) is 0 Å². The molecule has 6 heteroatoms. The number of hydrogen-bond acceptors (Lipinski definition) is 3. The van der Waals surface area contributed by atoms with Crippen molar-refractivity contribution < 1.29 is 9.53 Å². The topological polar surface area (TPSA) is 43.3 Å². The average Bonchev–Trinajstić information content (AvgIpc) is 3.18. The van der Waals surface area contributed by atoms with Crippen molar-refractivity contribution in [3.05, 3.63) is 64.1 Å². The normalized spacial score (nSPS) is 10.5. The highest BCUT2D eigenvalue weighted by Crippen LogP contribution is 2.28. The smallest absolute Gasteiger partial charge is 0.267 e. The van der Waals surface area contributed by atoms with Crippen LogP contribution in [-0.4, -0.2) is 17.6 Å².